The van der Waals surface area contributed by atoms with Gasteiger partial charge in [-0.1, -0.05) is 309 Å². The number of rotatable bonds is 71. The van der Waals surface area contributed by atoms with Crippen molar-refractivity contribution in [2.45, 2.75) is 475 Å². The minimum absolute atomic E-state index is 0.923. The van der Waals surface area contributed by atoms with Gasteiger partial charge in [-0.15, -0.1) is 0 Å². The second-order valence-electron chi connectivity index (χ2n) is 29.7. The number of allylic oxidation sites excluding steroid dienone is 2. The van der Waals surface area contributed by atoms with Crippen LogP contribution in [0.5, 0.6) is 0 Å². The summed E-state index contributed by atoms with van der Waals surface area (Å²) in [6, 6.07) is 17.8. The summed E-state index contributed by atoms with van der Waals surface area (Å²) in [4.78, 5) is 3.10. The molecule has 0 N–H and O–H groups in total. The molecule has 3 rings (SSSR count). The van der Waals surface area contributed by atoms with Gasteiger partial charge in [0.25, 0.3) is 0 Å². The maximum atomic E-state index is 11.6. The van der Waals surface area contributed by atoms with E-state index in [0.29, 0.717) is 0 Å². The van der Waals surface area contributed by atoms with Crippen LogP contribution in [-0.2, 0) is 30.8 Å². The molecule has 0 radical (unpaired) electrons. The fourth-order valence-electron chi connectivity index (χ4n) is 14.3. The van der Waals surface area contributed by atoms with Crippen LogP contribution in [0.15, 0.2) is 60.2 Å². The summed E-state index contributed by atoms with van der Waals surface area (Å²) in [5.41, 5.74) is 19.8. The Bertz CT molecular complexity index is 1890. The first-order valence-corrected chi connectivity index (χ1v) is 44.9. The Hall–Kier alpha value is -1.82. The third-order valence-corrected chi connectivity index (χ3v) is 22.8. The van der Waals surface area contributed by atoms with E-state index in [9.17, 15) is 5.53 Å². The zero-order valence-electron chi connectivity index (χ0n) is 63.7. The van der Waals surface area contributed by atoms with Crippen molar-refractivity contribution in [3.8, 4) is 0 Å². The fraction of sp³-hybridized carbons (Fsp3) is 0.822. The van der Waals surface area contributed by atoms with Crippen LogP contribution in [0.25, 0.3) is 16.9 Å². The average molecular weight is 1380 g/mol. The molecule has 0 amide bonds. The third kappa shape index (κ3) is 53.8. The summed E-state index contributed by atoms with van der Waals surface area (Å²) >= 11 is 1.06. The summed E-state index contributed by atoms with van der Waals surface area (Å²) < 4.78 is 1.49. The zero-order chi connectivity index (χ0) is 66.5. The molecule has 0 aliphatic carbocycles. The summed E-state index contributed by atoms with van der Waals surface area (Å²) in [7, 11) is 0. The third-order valence-electron chi connectivity index (χ3n) is 20.6. The summed E-state index contributed by atoms with van der Waals surface area (Å²) in [6.07, 6.45) is 97.8. The van der Waals surface area contributed by atoms with E-state index < -0.39 is 0 Å². The van der Waals surface area contributed by atoms with Crippen LogP contribution in [0, 0.1) is 0 Å². The van der Waals surface area contributed by atoms with Crippen molar-refractivity contribution in [3.63, 3.8) is 0 Å². The first kappa shape index (κ1) is 87.3. The quantitative estimate of drug-likeness (QED) is 0.0358. The molecule has 1 heterocycles. The predicted octanol–water partition coefficient (Wildman–Crippen LogP) is 32.9. The van der Waals surface area contributed by atoms with Gasteiger partial charge in [0, 0.05) is 22.8 Å². The Labute approximate surface area is 592 Å². The van der Waals surface area contributed by atoms with Crippen LogP contribution in [0.1, 0.15) is 474 Å². The smallest absolute Gasteiger partial charge is 0.493 e. The van der Waals surface area contributed by atoms with E-state index in [0.717, 1.165) is 59.8 Å². The van der Waals surface area contributed by atoms with Crippen LogP contribution in [0.4, 0.5) is 0 Å². The molecule has 93 heavy (non-hydrogen) atoms. The topological polar surface area (TPSA) is 25.3 Å². The van der Waals surface area contributed by atoms with Crippen LogP contribution in [0.2, 0.25) is 9.79 Å². The van der Waals surface area contributed by atoms with E-state index in [4.69, 9.17) is 0 Å². The second kappa shape index (κ2) is 70.1. The summed E-state index contributed by atoms with van der Waals surface area (Å²) in [5.74, 6) is 0. The normalized spacial score (nSPS) is 12.4. The van der Waals surface area contributed by atoms with E-state index in [1.807, 2.05) is 0 Å². The average Bonchev–Trinajstić information content (AvgIpc) is 1.65. The maximum absolute atomic E-state index is 11.6. The Morgan fingerprint density at radius 2 is 0.484 bits per heavy atom. The van der Waals surface area contributed by atoms with Crippen LogP contribution >= 0.6 is 0 Å². The Morgan fingerprint density at radius 3 is 0.774 bits per heavy atom. The molecule has 3 heteroatoms. The molecule has 2 aromatic rings. The first-order chi connectivity index (χ1) is 46.1. The molecule has 1 aliphatic heterocycles. The SMILES string of the molecule is CCCCCCCCCCCCCCCCCCCCCCCCC[CH2][Pd][CH2]CCCCCCCCCCCCCCCCCCCCCCCCC.CCCCCCCCc1cccc(C2=CC(CCCCCC)=C(c3cccc(CCCCCCCC)c3)[N+]2=[N-])c1. The number of unbranched alkanes of at least 4 members (excludes halogenated alkanes) is 59. The Morgan fingerprint density at radius 1 is 0.258 bits per heavy atom. The van der Waals surface area contributed by atoms with Crippen LogP contribution < -0.4 is 0 Å². The fourth-order valence-corrected chi connectivity index (χ4v) is 16.2. The van der Waals surface area contributed by atoms with Crippen LogP contribution in [0.3, 0.4) is 0 Å². The molecule has 0 aromatic heterocycles. The van der Waals surface area contributed by atoms with Crippen molar-refractivity contribution < 1.29 is 22.7 Å². The van der Waals surface area contributed by atoms with Gasteiger partial charge in [-0.3, -0.25) is 0 Å². The van der Waals surface area contributed by atoms with Crippen LogP contribution in [-0.4, -0.2) is 4.70 Å². The molecule has 0 atom stereocenters. The molecular weight excluding hydrogens is 1220 g/mol. The van der Waals surface area contributed by atoms with Gasteiger partial charge in [0.1, 0.15) is 0 Å². The summed E-state index contributed by atoms with van der Waals surface area (Å²) in [5, 5.41) is 0. The van der Waals surface area contributed by atoms with E-state index >= 15 is 0 Å². The molecule has 0 spiro atoms. The van der Waals surface area contributed by atoms with E-state index in [-0.39, 0.29) is 0 Å². The standard InChI is InChI=1S/C38H56N2.2C26H53.Pd/c1-4-7-10-13-15-17-22-32-24-20-27-34(29-32)37-31-36(26-19-12-9-6-3)38(40(37)39)35-28-21-25-33(30-35)23-18-16-14-11-8-5-2;2*1-3-5-7-9-11-13-15-17-19-21-23-25-26-24-22-20-18-16-14-12-10-8-6-4-2;/h20-21,24-25,27-31H,4-19,22-23,26H2,1-3H3;2*1,3-26H2,2H3;. The van der Waals surface area contributed by atoms with E-state index in [1.165, 1.54) is 432 Å². The molecule has 0 saturated heterocycles. The van der Waals surface area contributed by atoms with Gasteiger partial charge in [-0.25, -0.2) is 4.70 Å². The van der Waals surface area contributed by atoms with Crippen molar-refractivity contribution in [1.82, 2.24) is 0 Å². The van der Waals surface area contributed by atoms with Gasteiger partial charge < -0.3 is 5.53 Å². The van der Waals surface area contributed by atoms with Crippen molar-refractivity contribution in [1.29, 1.82) is 0 Å². The van der Waals surface area contributed by atoms with Crippen molar-refractivity contribution in [2.75, 3.05) is 0 Å². The molecule has 0 bridgehead atoms. The second-order valence-corrected chi connectivity index (χ2v) is 32.0. The van der Waals surface area contributed by atoms with Gasteiger partial charge in [0.05, 0.1) is 0 Å². The van der Waals surface area contributed by atoms with Gasteiger partial charge in [0.15, 0.2) is 0 Å². The monoisotopic (exact) mass is 1380 g/mol. The van der Waals surface area contributed by atoms with Gasteiger partial charge in [-0.2, -0.15) is 0 Å². The minimum atomic E-state index is 0.923. The number of hydrogen-bond donors (Lipinski definition) is 0. The molecule has 2 nitrogen and oxygen atoms in total. The molecule has 0 saturated carbocycles. The predicted molar refractivity (Wildman–Crippen MR) is 417 cm³/mol. The Kier molecular flexibility index (Phi) is 65.7. The molecular formula is C90H162N2Pd. The number of hydrogen-bond acceptors (Lipinski definition) is 0. The van der Waals surface area contributed by atoms with Gasteiger partial charge in [-0.05, 0) is 73.9 Å². The van der Waals surface area contributed by atoms with E-state index in [1.54, 1.807) is 9.79 Å². The minimum Gasteiger partial charge on any atom is -0.493 e. The van der Waals surface area contributed by atoms with Crippen molar-refractivity contribution in [2.24, 2.45) is 0 Å². The molecule has 542 valence electrons. The molecule has 0 unspecified atom stereocenters. The van der Waals surface area contributed by atoms with Gasteiger partial charge >= 0.3 is 169 Å². The zero-order valence-corrected chi connectivity index (χ0v) is 65.3. The van der Waals surface area contributed by atoms with Crippen molar-refractivity contribution in [3.05, 3.63) is 88.0 Å². The van der Waals surface area contributed by atoms with E-state index in [2.05, 4.69) is 89.2 Å². The van der Waals surface area contributed by atoms with Crippen molar-refractivity contribution >= 4 is 11.4 Å². The number of nitrogens with zero attached hydrogens (tertiary/aromatic N) is 2. The molecule has 2 aromatic carbocycles. The molecule has 1 aliphatic rings. The number of aryl methyl sites for hydroxylation is 2. The van der Waals surface area contributed by atoms with Gasteiger partial charge in [0.2, 0.25) is 11.4 Å². The molecule has 0 fully saturated rings. The summed E-state index contributed by atoms with van der Waals surface area (Å²) in [6.45, 7) is 11.4. The number of benzene rings is 2. The Balaban J connectivity index is 0.000000656. The first-order valence-electron chi connectivity index (χ1n) is 42.7.